The van der Waals surface area contributed by atoms with Crippen LogP contribution < -0.4 is 5.32 Å². The van der Waals surface area contributed by atoms with Crippen LogP contribution in [0.2, 0.25) is 0 Å². The summed E-state index contributed by atoms with van der Waals surface area (Å²) in [5.41, 5.74) is 5.32. The van der Waals surface area contributed by atoms with Crippen LogP contribution in [0, 0.1) is 6.92 Å². The zero-order valence-electron chi connectivity index (χ0n) is 12.0. The van der Waals surface area contributed by atoms with Crippen LogP contribution in [-0.2, 0) is 6.54 Å². The Morgan fingerprint density at radius 1 is 1.29 bits per heavy atom. The van der Waals surface area contributed by atoms with Gasteiger partial charge in [0.05, 0.1) is 0 Å². The molecule has 0 radical (unpaired) electrons. The first-order valence-corrected chi connectivity index (χ1v) is 7.33. The summed E-state index contributed by atoms with van der Waals surface area (Å²) in [5.74, 6) is 1.44. The number of aromatic nitrogens is 2. The van der Waals surface area contributed by atoms with Gasteiger partial charge >= 0.3 is 0 Å². The average molecular weight is 279 g/mol. The Morgan fingerprint density at radius 3 is 3.00 bits per heavy atom. The lowest BCUT2D eigenvalue weighted by molar-refractivity contribution is 0.533. The maximum atomic E-state index is 5.78. The normalized spacial score (nSPS) is 14.5. The van der Waals surface area contributed by atoms with Gasteiger partial charge in [-0.25, -0.2) is 4.98 Å². The Bertz CT molecular complexity index is 790. The van der Waals surface area contributed by atoms with E-state index in [4.69, 9.17) is 4.42 Å². The molecule has 0 aliphatic heterocycles. The molecule has 0 spiro atoms. The fourth-order valence-corrected chi connectivity index (χ4v) is 2.44. The quantitative estimate of drug-likeness (QED) is 0.783. The van der Waals surface area contributed by atoms with Crippen LogP contribution in [0.25, 0.3) is 11.1 Å². The summed E-state index contributed by atoms with van der Waals surface area (Å²) in [6.07, 6.45) is 6.14. The van der Waals surface area contributed by atoms with Gasteiger partial charge in [0.2, 0.25) is 0 Å². The molecule has 1 N–H and O–H groups in total. The first-order valence-electron chi connectivity index (χ1n) is 7.33. The summed E-state index contributed by atoms with van der Waals surface area (Å²) < 4.78 is 5.78. The molecule has 0 atom stereocenters. The highest BCUT2D eigenvalue weighted by Crippen LogP contribution is 2.40. The first kappa shape index (κ1) is 12.4. The fraction of sp³-hybridized carbons (Fsp3) is 0.294. The smallest absolute Gasteiger partial charge is 0.198 e. The third-order valence-corrected chi connectivity index (χ3v) is 3.96. The maximum absolute atomic E-state index is 5.78. The number of rotatable bonds is 4. The number of fused-ring (bicyclic) bond motifs is 1. The molecule has 2 heterocycles. The van der Waals surface area contributed by atoms with Crippen molar-refractivity contribution in [2.45, 2.75) is 32.2 Å². The van der Waals surface area contributed by atoms with Crippen LogP contribution in [-0.4, -0.2) is 9.97 Å². The Balaban J connectivity index is 1.54. The minimum atomic E-state index is 0.548. The molecule has 1 fully saturated rings. The van der Waals surface area contributed by atoms with Crippen molar-refractivity contribution in [2.24, 2.45) is 0 Å². The van der Waals surface area contributed by atoms with Crippen molar-refractivity contribution in [2.75, 3.05) is 5.32 Å². The second-order valence-corrected chi connectivity index (χ2v) is 5.66. The van der Waals surface area contributed by atoms with Crippen molar-refractivity contribution in [3.05, 3.63) is 53.7 Å². The number of nitrogens with zero attached hydrogens (tertiary/aromatic N) is 2. The Labute approximate surface area is 123 Å². The highest BCUT2D eigenvalue weighted by Gasteiger charge is 2.28. The van der Waals surface area contributed by atoms with E-state index in [1.54, 1.807) is 0 Å². The molecule has 4 heteroatoms. The lowest BCUT2D eigenvalue weighted by Gasteiger charge is -2.08. The summed E-state index contributed by atoms with van der Waals surface area (Å²) >= 11 is 0. The second-order valence-electron chi connectivity index (χ2n) is 5.66. The zero-order chi connectivity index (χ0) is 14.2. The van der Waals surface area contributed by atoms with E-state index in [0.717, 1.165) is 29.2 Å². The predicted molar refractivity (Wildman–Crippen MR) is 82.3 cm³/mol. The van der Waals surface area contributed by atoms with Gasteiger partial charge < -0.3 is 9.73 Å². The van der Waals surface area contributed by atoms with Crippen molar-refractivity contribution < 1.29 is 4.42 Å². The summed E-state index contributed by atoms with van der Waals surface area (Å²) in [4.78, 5) is 8.76. The van der Waals surface area contributed by atoms with Crippen LogP contribution in [0.1, 0.15) is 35.8 Å². The molecule has 1 saturated carbocycles. The zero-order valence-corrected chi connectivity index (χ0v) is 12.0. The van der Waals surface area contributed by atoms with Crippen LogP contribution >= 0.6 is 0 Å². The molecule has 1 aliphatic carbocycles. The topological polar surface area (TPSA) is 51.0 Å². The highest BCUT2D eigenvalue weighted by molar-refractivity contribution is 5.77. The highest BCUT2D eigenvalue weighted by atomic mass is 16.3. The number of oxazole rings is 1. The Kier molecular flexibility index (Phi) is 2.88. The van der Waals surface area contributed by atoms with Crippen LogP contribution in [0.4, 0.5) is 5.69 Å². The van der Waals surface area contributed by atoms with Crippen LogP contribution in [0.3, 0.4) is 0 Å². The van der Waals surface area contributed by atoms with Gasteiger partial charge in [0.1, 0.15) is 5.52 Å². The molecule has 1 aromatic carbocycles. The molecular formula is C17H17N3O. The van der Waals surface area contributed by atoms with E-state index in [1.807, 2.05) is 30.6 Å². The number of aryl methyl sites for hydroxylation is 1. The molecule has 1 aliphatic rings. The summed E-state index contributed by atoms with van der Waals surface area (Å²) in [6.45, 7) is 2.86. The van der Waals surface area contributed by atoms with E-state index in [0.29, 0.717) is 5.92 Å². The van der Waals surface area contributed by atoms with E-state index in [1.165, 1.54) is 24.0 Å². The van der Waals surface area contributed by atoms with E-state index in [-0.39, 0.29) is 0 Å². The summed E-state index contributed by atoms with van der Waals surface area (Å²) in [6, 6.07) is 8.11. The van der Waals surface area contributed by atoms with Gasteiger partial charge in [-0.2, -0.15) is 0 Å². The first-order chi connectivity index (χ1) is 10.3. The minimum Gasteiger partial charge on any atom is -0.440 e. The molecule has 4 nitrogen and oxygen atoms in total. The van der Waals surface area contributed by atoms with Gasteiger partial charge in [-0.1, -0.05) is 0 Å². The number of pyridine rings is 1. The number of hydrogen-bond donors (Lipinski definition) is 1. The predicted octanol–water partition coefficient (Wildman–Crippen LogP) is 4.02. The lowest BCUT2D eigenvalue weighted by Crippen LogP contribution is -2.01. The molecule has 0 amide bonds. The van der Waals surface area contributed by atoms with Gasteiger partial charge in [-0.15, -0.1) is 0 Å². The van der Waals surface area contributed by atoms with Gasteiger partial charge in [0, 0.05) is 30.5 Å². The number of anilines is 1. The Morgan fingerprint density at radius 2 is 2.19 bits per heavy atom. The van der Waals surface area contributed by atoms with Gasteiger partial charge in [0.15, 0.2) is 11.5 Å². The molecule has 0 bridgehead atoms. The maximum Gasteiger partial charge on any atom is 0.198 e. The average Bonchev–Trinajstić information content (AvgIpc) is 3.26. The molecule has 0 saturated heterocycles. The molecule has 4 rings (SSSR count). The lowest BCUT2D eigenvalue weighted by atomic mass is 10.1. The van der Waals surface area contributed by atoms with Crippen molar-refractivity contribution in [1.29, 1.82) is 0 Å². The molecule has 2 aromatic heterocycles. The van der Waals surface area contributed by atoms with Crippen molar-refractivity contribution in [3.8, 4) is 0 Å². The van der Waals surface area contributed by atoms with Gasteiger partial charge in [-0.3, -0.25) is 4.98 Å². The minimum absolute atomic E-state index is 0.548. The van der Waals surface area contributed by atoms with Gasteiger partial charge in [0.25, 0.3) is 0 Å². The Hall–Kier alpha value is -2.36. The third-order valence-electron chi connectivity index (χ3n) is 3.96. The van der Waals surface area contributed by atoms with E-state index in [2.05, 4.69) is 28.3 Å². The van der Waals surface area contributed by atoms with E-state index >= 15 is 0 Å². The third kappa shape index (κ3) is 2.49. The van der Waals surface area contributed by atoms with E-state index < -0.39 is 0 Å². The van der Waals surface area contributed by atoms with Crippen molar-refractivity contribution in [3.63, 3.8) is 0 Å². The molecular weight excluding hydrogens is 262 g/mol. The molecule has 106 valence electrons. The molecule has 21 heavy (non-hydrogen) atoms. The fourth-order valence-electron chi connectivity index (χ4n) is 2.44. The SMILES string of the molecule is Cc1ccncc1CNc1ccc2oc(C3CC3)nc2c1. The summed E-state index contributed by atoms with van der Waals surface area (Å²) in [5, 5.41) is 3.43. The summed E-state index contributed by atoms with van der Waals surface area (Å²) in [7, 11) is 0. The number of benzene rings is 1. The van der Waals surface area contributed by atoms with Gasteiger partial charge in [-0.05, 0) is 55.2 Å². The largest absolute Gasteiger partial charge is 0.440 e. The van der Waals surface area contributed by atoms with Crippen LogP contribution in [0.15, 0.2) is 41.1 Å². The second kappa shape index (κ2) is 4.88. The number of hydrogen-bond acceptors (Lipinski definition) is 4. The number of nitrogens with one attached hydrogen (secondary N) is 1. The van der Waals surface area contributed by atoms with Crippen LogP contribution in [0.5, 0.6) is 0 Å². The van der Waals surface area contributed by atoms with Crippen molar-refractivity contribution >= 4 is 16.8 Å². The molecule has 0 unspecified atom stereocenters. The van der Waals surface area contributed by atoms with Crippen molar-refractivity contribution in [1.82, 2.24) is 9.97 Å². The monoisotopic (exact) mass is 279 g/mol. The van der Waals surface area contributed by atoms with E-state index in [9.17, 15) is 0 Å². The molecule has 3 aromatic rings. The standard InChI is InChI=1S/C17H17N3O/c1-11-6-7-18-9-13(11)10-19-14-4-5-16-15(8-14)20-17(21-16)12-2-3-12/h4-9,12,19H,2-3,10H2,1H3.